The number of aliphatic hydroxyl groups excluding tert-OH is 2. The Labute approximate surface area is 123 Å². The van der Waals surface area contributed by atoms with Crippen molar-refractivity contribution in [3.8, 4) is 5.75 Å². The number of nitrogens with zero attached hydrogens (tertiary/aromatic N) is 1. The van der Waals surface area contributed by atoms with Crippen LogP contribution >= 0.6 is 12.2 Å². The predicted octanol–water partition coefficient (Wildman–Crippen LogP) is -0.00350. The lowest BCUT2D eigenvalue weighted by atomic mass is 10.2. The number of hydrogen-bond donors (Lipinski definition) is 3. The second-order valence-electron chi connectivity index (χ2n) is 3.93. The van der Waals surface area contributed by atoms with E-state index in [1.807, 2.05) is 0 Å². The van der Waals surface area contributed by atoms with Crippen molar-refractivity contribution < 1.29 is 19.7 Å². The summed E-state index contributed by atoms with van der Waals surface area (Å²) in [5.74, 6) is 0.209. The second-order valence-corrected chi connectivity index (χ2v) is 4.31. The summed E-state index contributed by atoms with van der Waals surface area (Å²) in [6, 6.07) is 6.68. The van der Waals surface area contributed by atoms with Crippen LogP contribution in [-0.2, 0) is 0 Å². The van der Waals surface area contributed by atoms with Crippen molar-refractivity contribution in [3.63, 3.8) is 0 Å². The van der Waals surface area contributed by atoms with Gasteiger partial charge in [-0.15, -0.1) is 0 Å². The fourth-order valence-corrected chi connectivity index (χ4v) is 1.84. The fraction of sp³-hybridized carbons (Fsp3) is 0.385. The minimum absolute atomic E-state index is 0.116. The third-order valence-electron chi connectivity index (χ3n) is 2.58. The first kappa shape index (κ1) is 16.4. The number of ether oxygens (including phenoxy) is 1. The Morgan fingerprint density at radius 1 is 1.35 bits per heavy atom. The maximum absolute atomic E-state index is 12.0. The maximum atomic E-state index is 12.0. The van der Waals surface area contributed by atoms with E-state index in [0.29, 0.717) is 11.3 Å². The van der Waals surface area contributed by atoms with Crippen LogP contribution in [0.15, 0.2) is 24.3 Å². The Kier molecular flexibility index (Phi) is 6.92. The molecular formula is C13H18N2O4S. The highest BCUT2D eigenvalue weighted by Crippen LogP contribution is 2.12. The molecule has 0 aliphatic heterocycles. The molecular weight excluding hydrogens is 280 g/mol. The van der Waals surface area contributed by atoms with Crippen LogP contribution in [-0.4, -0.2) is 59.5 Å². The Bertz CT molecular complexity index is 461. The number of amides is 1. The molecule has 0 atom stereocenters. The van der Waals surface area contributed by atoms with Gasteiger partial charge in [0.1, 0.15) is 5.75 Å². The number of aliphatic hydroxyl groups is 2. The molecule has 3 N–H and O–H groups in total. The normalized spacial score (nSPS) is 9.95. The first-order valence-electron chi connectivity index (χ1n) is 6.08. The highest BCUT2D eigenvalue weighted by molar-refractivity contribution is 7.80. The predicted molar refractivity (Wildman–Crippen MR) is 78.8 cm³/mol. The van der Waals surface area contributed by atoms with Crippen LogP contribution in [0.25, 0.3) is 0 Å². The van der Waals surface area contributed by atoms with Gasteiger partial charge in [-0.25, -0.2) is 0 Å². The van der Waals surface area contributed by atoms with Crippen molar-refractivity contribution in [1.29, 1.82) is 0 Å². The second kappa shape index (κ2) is 8.47. The zero-order chi connectivity index (χ0) is 15.0. The monoisotopic (exact) mass is 298 g/mol. The summed E-state index contributed by atoms with van der Waals surface area (Å²) < 4.78 is 5.05. The van der Waals surface area contributed by atoms with Crippen molar-refractivity contribution in [2.45, 2.75) is 0 Å². The number of nitrogens with one attached hydrogen (secondary N) is 1. The summed E-state index contributed by atoms with van der Waals surface area (Å²) in [6.07, 6.45) is 0. The van der Waals surface area contributed by atoms with E-state index in [-0.39, 0.29) is 37.3 Å². The number of thiocarbonyl (C=S) groups is 1. The van der Waals surface area contributed by atoms with Crippen molar-refractivity contribution in [2.24, 2.45) is 0 Å². The lowest BCUT2D eigenvalue weighted by Crippen LogP contribution is -2.45. The molecule has 1 amide bonds. The topological polar surface area (TPSA) is 82.0 Å². The number of carbonyl (C=O) groups is 1. The van der Waals surface area contributed by atoms with E-state index in [9.17, 15) is 4.79 Å². The van der Waals surface area contributed by atoms with Gasteiger partial charge in [0.25, 0.3) is 5.91 Å². The zero-order valence-corrected chi connectivity index (χ0v) is 12.0. The van der Waals surface area contributed by atoms with E-state index >= 15 is 0 Å². The van der Waals surface area contributed by atoms with E-state index < -0.39 is 0 Å². The molecule has 1 rings (SSSR count). The first-order chi connectivity index (χ1) is 9.62. The number of rotatable bonds is 6. The Balaban J connectivity index is 2.70. The lowest BCUT2D eigenvalue weighted by molar-refractivity contribution is 0.0970. The minimum atomic E-state index is -0.366. The van der Waals surface area contributed by atoms with Crippen molar-refractivity contribution in [2.75, 3.05) is 33.4 Å². The fourth-order valence-electron chi connectivity index (χ4n) is 1.57. The highest BCUT2D eigenvalue weighted by Gasteiger charge is 2.13. The molecule has 0 aromatic heterocycles. The van der Waals surface area contributed by atoms with Gasteiger partial charge in [-0.2, -0.15) is 0 Å². The molecule has 1 aromatic rings. The van der Waals surface area contributed by atoms with Gasteiger partial charge in [0, 0.05) is 18.7 Å². The standard InChI is InChI=1S/C13H18N2O4S/c1-19-11-4-2-3-10(9-11)12(18)14-13(20)15(5-7-16)6-8-17/h2-4,9,16-17H,5-8H2,1H3,(H,14,18,20). The van der Waals surface area contributed by atoms with E-state index in [0.717, 1.165) is 0 Å². The molecule has 0 unspecified atom stereocenters. The molecule has 0 aliphatic rings. The Morgan fingerprint density at radius 2 is 2.00 bits per heavy atom. The molecule has 20 heavy (non-hydrogen) atoms. The van der Waals surface area contributed by atoms with Gasteiger partial charge in [0.05, 0.1) is 20.3 Å². The van der Waals surface area contributed by atoms with E-state index in [2.05, 4.69) is 5.32 Å². The van der Waals surface area contributed by atoms with Gasteiger partial charge < -0.3 is 19.8 Å². The number of hydrogen-bond acceptors (Lipinski definition) is 5. The van der Waals surface area contributed by atoms with Crippen molar-refractivity contribution in [3.05, 3.63) is 29.8 Å². The number of benzene rings is 1. The van der Waals surface area contributed by atoms with Gasteiger partial charge in [-0.3, -0.25) is 10.1 Å². The van der Waals surface area contributed by atoms with E-state index in [4.69, 9.17) is 27.2 Å². The summed E-state index contributed by atoms with van der Waals surface area (Å²) in [5.41, 5.74) is 0.416. The first-order valence-corrected chi connectivity index (χ1v) is 6.49. The maximum Gasteiger partial charge on any atom is 0.257 e. The largest absolute Gasteiger partial charge is 0.497 e. The molecule has 0 radical (unpaired) electrons. The minimum Gasteiger partial charge on any atom is -0.497 e. The zero-order valence-electron chi connectivity index (χ0n) is 11.2. The Hall–Kier alpha value is -1.70. The number of methoxy groups -OCH3 is 1. The lowest BCUT2D eigenvalue weighted by Gasteiger charge is -2.23. The molecule has 0 aliphatic carbocycles. The average molecular weight is 298 g/mol. The van der Waals surface area contributed by atoms with Gasteiger partial charge in [-0.05, 0) is 30.4 Å². The number of carbonyl (C=O) groups excluding carboxylic acids is 1. The molecule has 0 spiro atoms. The quantitative estimate of drug-likeness (QED) is 0.641. The molecule has 110 valence electrons. The third-order valence-corrected chi connectivity index (χ3v) is 2.94. The van der Waals surface area contributed by atoms with Crippen LogP contribution in [0.3, 0.4) is 0 Å². The third kappa shape index (κ3) is 4.76. The van der Waals surface area contributed by atoms with Crippen molar-refractivity contribution >= 4 is 23.2 Å². The molecule has 6 nitrogen and oxygen atoms in total. The molecule has 0 bridgehead atoms. The van der Waals surface area contributed by atoms with E-state index in [1.54, 1.807) is 24.3 Å². The molecule has 1 aromatic carbocycles. The summed E-state index contributed by atoms with van der Waals surface area (Å²) in [5, 5.41) is 20.6. The molecule has 0 heterocycles. The molecule has 0 saturated heterocycles. The van der Waals surface area contributed by atoms with Crippen LogP contribution in [0.5, 0.6) is 5.75 Å². The average Bonchev–Trinajstić information content (AvgIpc) is 2.47. The SMILES string of the molecule is COc1cccc(C(=O)NC(=S)N(CCO)CCO)c1. The summed E-state index contributed by atoms with van der Waals surface area (Å²) >= 11 is 5.08. The van der Waals surface area contributed by atoms with E-state index in [1.165, 1.54) is 12.0 Å². The molecule has 0 fully saturated rings. The van der Waals surface area contributed by atoms with Crippen LogP contribution < -0.4 is 10.1 Å². The van der Waals surface area contributed by atoms with Crippen LogP contribution in [0, 0.1) is 0 Å². The van der Waals surface area contributed by atoms with Gasteiger partial charge in [0.2, 0.25) is 0 Å². The van der Waals surface area contributed by atoms with Crippen LogP contribution in [0.2, 0.25) is 0 Å². The van der Waals surface area contributed by atoms with Crippen LogP contribution in [0.4, 0.5) is 0 Å². The van der Waals surface area contributed by atoms with Gasteiger partial charge in [0.15, 0.2) is 5.11 Å². The molecule has 7 heteroatoms. The smallest absolute Gasteiger partial charge is 0.257 e. The summed E-state index contributed by atoms with van der Waals surface area (Å²) in [6.45, 7) is 0.264. The van der Waals surface area contributed by atoms with Crippen molar-refractivity contribution in [1.82, 2.24) is 10.2 Å². The van der Waals surface area contributed by atoms with Gasteiger partial charge >= 0.3 is 0 Å². The van der Waals surface area contributed by atoms with Gasteiger partial charge in [-0.1, -0.05) is 6.07 Å². The summed E-state index contributed by atoms with van der Waals surface area (Å²) in [4.78, 5) is 13.6. The summed E-state index contributed by atoms with van der Waals surface area (Å²) in [7, 11) is 1.52. The van der Waals surface area contributed by atoms with Crippen LogP contribution in [0.1, 0.15) is 10.4 Å². The highest BCUT2D eigenvalue weighted by atomic mass is 32.1. The molecule has 0 saturated carbocycles. The Morgan fingerprint density at radius 3 is 2.55 bits per heavy atom.